The zero-order valence-corrected chi connectivity index (χ0v) is 12.6. The summed E-state index contributed by atoms with van der Waals surface area (Å²) in [4.78, 5) is 14.8. The third kappa shape index (κ3) is 3.71. The largest absolute Gasteiger partial charge is 0.340 e. The molecule has 0 saturated heterocycles. The van der Waals surface area contributed by atoms with Crippen LogP contribution >= 0.6 is 0 Å². The van der Waals surface area contributed by atoms with Gasteiger partial charge in [-0.2, -0.15) is 0 Å². The van der Waals surface area contributed by atoms with Crippen molar-refractivity contribution in [3.63, 3.8) is 0 Å². The summed E-state index contributed by atoms with van der Waals surface area (Å²) in [7, 11) is 0. The van der Waals surface area contributed by atoms with E-state index in [2.05, 4.69) is 34.6 Å². The predicted molar refractivity (Wildman–Crippen MR) is 76.2 cm³/mol. The first-order chi connectivity index (χ1) is 8.34. The van der Waals surface area contributed by atoms with Crippen molar-refractivity contribution >= 4 is 5.91 Å². The molecule has 3 atom stereocenters. The van der Waals surface area contributed by atoms with Crippen LogP contribution in [0.25, 0.3) is 0 Å². The van der Waals surface area contributed by atoms with Gasteiger partial charge in [0.25, 0.3) is 0 Å². The van der Waals surface area contributed by atoms with Crippen LogP contribution in [0.1, 0.15) is 53.9 Å². The number of nitrogens with two attached hydrogens (primary N) is 1. The average molecular weight is 254 g/mol. The molecule has 0 aromatic carbocycles. The van der Waals surface area contributed by atoms with Crippen molar-refractivity contribution in [2.45, 2.75) is 66.0 Å². The third-order valence-electron chi connectivity index (χ3n) is 4.02. The van der Waals surface area contributed by atoms with Gasteiger partial charge < -0.3 is 10.6 Å². The van der Waals surface area contributed by atoms with Crippen molar-refractivity contribution in [2.75, 3.05) is 6.54 Å². The Kier molecular flexibility index (Phi) is 5.64. The zero-order chi connectivity index (χ0) is 13.9. The van der Waals surface area contributed by atoms with E-state index in [1.54, 1.807) is 0 Å². The van der Waals surface area contributed by atoms with E-state index in [-0.39, 0.29) is 23.9 Å². The summed E-state index contributed by atoms with van der Waals surface area (Å²) in [6, 6.07) is 0.316. The number of nitrogens with zero attached hydrogens (tertiary/aromatic N) is 1. The fourth-order valence-corrected chi connectivity index (χ4v) is 3.02. The first kappa shape index (κ1) is 15.5. The molecule has 18 heavy (non-hydrogen) atoms. The minimum Gasteiger partial charge on any atom is -0.340 e. The molecule has 1 aliphatic rings. The molecule has 3 heteroatoms. The van der Waals surface area contributed by atoms with Crippen molar-refractivity contribution in [3.8, 4) is 0 Å². The summed E-state index contributed by atoms with van der Waals surface area (Å²) in [6.45, 7) is 11.5. The van der Waals surface area contributed by atoms with Gasteiger partial charge in [0.05, 0.1) is 5.92 Å². The molecule has 0 spiro atoms. The van der Waals surface area contributed by atoms with Crippen LogP contribution in [0.3, 0.4) is 0 Å². The highest BCUT2D eigenvalue weighted by atomic mass is 16.2. The molecule has 0 aromatic heterocycles. The molecule has 2 N–H and O–H groups in total. The highest BCUT2D eigenvalue weighted by molar-refractivity contribution is 5.80. The summed E-state index contributed by atoms with van der Waals surface area (Å²) in [5, 5.41) is 0. The van der Waals surface area contributed by atoms with Crippen LogP contribution in [0.4, 0.5) is 0 Å². The van der Waals surface area contributed by atoms with E-state index >= 15 is 0 Å². The van der Waals surface area contributed by atoms with Gasteiger partial charge in [0.15, 0.2) is 0 Å². The SMILES string of the molecule is CC(C)CN(C(=O)C1C(C)CCCC1N)C(C)C. The van der Waals surface area contributed by atoms with E-state index in [4.69, 9.17) is 5.73 Å². The lowest BCUT2D eigenvalue weighted by Crippen LogP contribution is -2.51. The molecule has 3 nitrogen and oxygen atoms in total. The number of carbonyl (C=O) groups is 1. The van der Waals surface area contributed by atoms with Crippen LogP contribution in [0.15, 0.2) is 0 Å². The standard InChI is InChI=1S/C15H30N2O/c1-10(2)9-17(11(3)4)15(18)14-12(5)7-6-8-13(14)16/h10-14H,6-9,16H2,1-5H3. The molecule has 106 valence electrons. The average Bonchev–Trinajstić information content (AvgIpc) is 2.24. The van der Waals surface area contributed by atoms with Gasteiger partial charge in [-0.3, -0.25) is 4.79 Å². The molecule has 0 aromatic rings. The first-order valence-corrected chi connectivity index (χ1v) is 7.40. The maximum atomic E-state index is 12.7. The van der Waals surface area contributed by atoms with Crippen molar-refractivity contribution in [2.24, 2.45) is 23.5 Å². The Morgan fingerprint density at radius 1 is 1.28 bits per heavy atom. The van der Waals surface area contributed by atoms with Gasteiger partial charge in [-0.15, -0.1) is 0 Å². The van der Waals surface area contributed by atoms with Gasteiger partial charge in [-0.05, 0) is 38.5 Å². The zero-order valence-electron chi connectivity index (χ0n) is 12.6. The van der Waals surface area contributed by atoms with Crippen LogP contribution in [0.2, 0.25) is 0 Å². The molecule has 0 bridgehead atoms. The van der Waals surface area contributed by atoms with Gasteiger partial charge in [-0.1, -0.05) is 27.2 Å². The molecule has 3 unspecified atom stereocenters. The van der Waals surface area contributed by atoms with Gasteiger partial charge >= 0.3 is 0 Å². The van der Waals surface area contributed by atoms with Crippen molar-refractivity contribution in [1.82, 2.24) is 4.90 Å². The Morgan fingerprint density at radius 2 is 1.89 bits per heavy atom. The highest BCUT2D eigenvalue weighted by Crippen LogP contribution is 2.31. The molecular weight excluding hydrogens is 224 g/mol. The third-order valence-corrected chi connectivity index (χ3v) is 4.02. The summed E-state index contributed by atoms with van der Waals surface area (Å²) in [6.07, 6.45) is 3.30. The summed E-state index contributed by atoms with van der Waals surface area (Å²) in [5.74, 6) is 1.24. The van der Waals surface area contributed by atoms with Crippen LogP contribution in [-0.2, 0) is 4.79 Å². The van der Waals surface area contributed by atoms with Crippen LogP contribution in [-0.4, -0.2) is 29.4 Å². The first-order valence-electron chi connectivity index (χ1n) is 7.40. The minimum absolute atomic E-state index is 0.0277. The van der Waals surface area contributed by atoms with Gasteiger partial charge in [0, 0.05) is 18.6 Å². The number of hydrogen-bond donors (Lipinski definition) is 1. The second kappa shape index (κ2) is 6.55. The Hall–Kier alpha value is -0.570. The lowest BCUT2D eigenvalue weighted by Gasteiger charge is -2.39. The molecule has 0 radical (unpaired) electrons. The van der Waals surface area contributed by atoms with E-state index in [0.717, 1.165) is 25.8 Å². The minimum atomic E-state index is 0.0277. The summed E-state index contributed by atoms with van der Waals surface area (Å²) < 4.78 is 0. The van der Waals surface area contributed by atoms with E-state index in [1.165, 1.54) is 0 Å². The van der Waals surface area contributed by atoms with Crippen molar-refractivity contribution in [3.05, 3.63) is 0 Å². The van der Waals surface area contributed by atoms with Gasteiger partial charge in [0.2, 0.25) is 5.91 Å². The smallest absolute Gasteiger partial charge is 0.227 e. The molecule has 1 amide bonds. The lowest BCUT2D eigenvalue weighted by atomic mass is 9.76. The fraction of sp³-hybridized carbons (Fsp3) is 0.933. The number of amides is 1. The second-order valence-electron chi connectivity index (χ2n) is 6.58. The highest BCUT2D eigenvalue weighted by Gasteiger charge is 2.37. The molecule has 0 aliphatic heterocycles. The maximum Gasteiger partial charge on any atom is 0.227 e. The normalized spacial score (nSPS) is 28.8. The second-order valence-corrected chi connectivity index (χ2v) is 6.58. The molecule has 0 heterocycles. The summed E-state index contributed by atoms with van der Waals surface area (Å²) in [5.41, 5.74) is 6.19. The molecule has 1 rings (SSSR count). The molecular formula is C15H30N2O. The van der Waals surface area contributed by atoms with E-state index in [1.807, 2.05) is 4.90 Å². The Balaban J connectivity index is 2.80. The topological polar surface area (TPSA) is 46.3 Å². The van der Waals surface area contributed by atoms with Crippen LogP contribution < -0.4 is 5.73 Å². The molecule has 1 aliphatic carbocycles. The van der Waals surface area contributed by atoms with E-state index in [9.17, 15) is 4.79 Å². The maximum absolute atomic E-state index is 12.7. The number of carbonyl (C=O) groups excluding carboxylic acids is 1. The molecule has 1 fully saturated rings. The Morgan fingerprint density at radius 3 is 2.33 bits per heavy atom. The summed E-state index contributed by atoms with van der Waals surface area (Å²) >= 11 is 0. The quantitative estimate of drug-likeness (QED) is 0.838. The number of hydrogen-bond acceptors (Lipinski definition) is 2. The Bertz CT molecular complexity index is 266. The van der Waals surface area contributed by atoms with Crippen molar-refractivity contribution in [1.29, 1.82) is 0 Å². The van der Waals surface area contributed by atoms with Gasteiger partial charge in [0.1, 0.15) is 0 Å². The molecule has 1 saturated carbocycles. The predicted octanol–water partition coefficient (Wildman–Crippen LogP) is 2.64. The fourth-order valence-electron chi connectivity index (χ4n) is 3.02. The van der Waals surface area contributed by atoms with Crippen molar-refractivity contribution < 1.29 is 4.79 Å². The lowest BCUT2D eigenvalue weighted by molar-refractivity contribution is -0.141. The van der Waals surface area contributed by atoms with Crippen LogP contribution in [0, 0.1) is 17.8 Å². The Labute approximate surface area is 112 Å². The van der Waals surface area contributed by atoms with E-state index < -0.39 is 0 Å². The van der Waals surface area contributed by atoms with Gasteiger partial charge in [-0.25, -0.2) is 0 Å². The van der Waals surface area contributed by atoms with E-state index in [0.29, 0.717) is 11.8 Å². The monoisotopic (exact) mass is 254 g/mol. The number of rotatable bonds is 4. The van der Waals surface area contributed by atoms with Crippen LogP contribution in [0.5, 0.6) is 0 Å².